The van der Waals surface area contributed by atoms with E-state index in [1.165, 1.54) is 5.56 Å². The van der Waals surface area contributed by atoms with Gasteiger partial charge in [-0.25, -0.2) is 0 Å². The number of nitrogens with zero attached hydrogens (tertiary/aromatic N) is 2. The molecule has 0 N–H and O–H groups in total. The van der Waals surface area contributed by atoms with Crippen LogP contribution in [0.25, 0.3) is 0 Å². The van der Waals surface area contributed by atoms with Gasteiger partial charge < -0.3 is 4.67 Å². The molecule has 0 fully saturated rings. The number of Topliss-reactive ketones (excluding diaryl/α,β-unsaturated/α-hetero) is 1. The van der Waals surface area contributed by atoms with Crippen LogP contribution in [0.1, 0.15) is 22.8 Å². The molecule has 0 unspecified atom stereocenters. The number of benzene rings is 2. The Kier molecular flexibility index (Phi) is 5.50. The summed E-state index contributed by atoms with van der Waals surface area (Å²) in [5, 5.41) is 4.68. The van der Waals surface area contributed by atoms with Crippen molar-refractivity contribution in [3.63, 3.8) is 0 Å². The quantitative estimate of drug-likeness (QED) is 0.337. The summed E-state index contributed by atoms with van der Waals surface area (Å²) in [5.74, 6) is -0.0121. The van der Waals surface area contributed by atoms with E-state index in [9.17, 15) is 4.79 Å². The average Bonchev–Trinajstić information content (AvgIpc) is 2.54. The van der Waals surface area contributed by atoms with Gasteiger partial charge in [-0.15, -0.1) is 0 Å². The van der Waals surface area contributed by atoms with Crippen LogP contribution in [0, 0.1) is 0 Å². The van der Waals surface area contributed by atoms with Gasteiger partial charge in [0, 0.05) is 5.56 Å². The van der Waals surface area contributed by atoms with Gasteiger partial charge in [0.15, 0.2) is 8.24 Å². The van der Waals surface area contributed by atoms with Gasteiger partial charge in [0.1, 0.15) is 5.71 Å². The predicted octanol–water partition coefficient (Wildman–Crippen LogP) is 4.58. The van der Waals surface area contributed by atoms with Crippen LogP contribution in [0.5, 0.6) is 0 Å². The Bertz CT molecular complexity index is 676. The molecule has 2 rings (SSSR count). The van der Waals surface area contributed by atoms with E-state index in [2.05, 4.69) is 41.5 Å². The fourth-order valence-corrected chi connectivity index (χ4v) is 3.31. The minimum atomic E-state index is -1.69. The van der Waals surface area contributed by atoms with Crippen LogP contribution < -0.4 is 0 Å². The van der Waals surface area contributed by atoms with Crippen LogP contribution in [0.4, 0.5) is 0 Å². The highest BCUT2D eigenvalue weighted by Crippen LogP contribution is 2.16. The molecular formula is C19H24N2OSi. The molecule has 0 aromatic heterocycles. The Hall–Kier alpha value is -2.20. The Morgan fingerprint density at radius 3 is 2.00 bits per heavy atom. The SMILES string of the molecule is CC(=NN(Cc1ccccc1)[Si](C)(C)C)C(=O)c1ccccc1. The van der Waals surface area contributed by atoms with Crippen LogP contribution in [-0.4, -0.2) is 24.4 Å². The van der Waals surface area contributed by atoms with E-state index >= 15 is 0 Å². The lowest BCUT2D eigenvalue weighted by Gasteiger charge is -2.32. The Balaban J connectivity index is 2.24. The summed E-state index contributed by atoms with van der Waals surface area (Å²) in [6.07, 6.45) is 0. The molecular weight excluding hydrogens is 300 g/mol. The van der Waals surface area contributed by atoms with Gasteiger partial charge >= 0.3 is 0 Å². The molecule has 3 nitrogen and oxygen atoms in total. The third kappa shape index (κ3) is 4.89. The molecule has 0 aliphatic heterocycles. The number of ketones is 1. The molecule has 0 heterocycles. The Labute approximate surface area is 139 Å². The maximum atomic E-state index is 12.5. The smallest absolute Gasteiger partial charge is 0.208 e. The Morgan fingerprint density at radius 2 is 1.48 bits per heavy atom. The topological polar surface area (TPSA) is 32.7 Å². The third-order valence-electron chi connectivity index (χ3n) is 3.58. The normalized spacial score (nSPS) is 12.1. The van der Waals surface area contributed by atoms with Gasteiger partial charge in [0.25, 0.3) is 0 Å². The van der Waals surface area contributed by atoms with E-state index in [1.54, 1.807) is 6.92 Å². The van der Waals surface area contributed by atoms with Crippen molar-refractivity contribution < 1.29 is 4.79 Å². The second-order valence-electron chi connectivity index (χ2n) is 6.59. The van der Waals surface area contributed by atoms with Gasteiger partial charge in [-0.2, -0.15) is 5.10 Å². The first-order valence-electron chi connectivity index (χ1n) is 7.84. The summed E-state index contributed by atoms with van der Waals surface area (Å²) >= 11 is 0. The van der Waals surface area contributed by atoms with Crippen LogP contribution >= 0.6 is 0 Å². The summed E-state index contributed by atoms with van der Waals surface area (Å²) < 4.78 is 2.11. The number of carbonyl (C=O) groups excluding carboxylic acids is 1. The first kappa shape index (κ1) is 17.2. The highest BCUT2D eigenvalue weighted by Gasteiger charge is 2.24. The summed E-state index contributed by atoms with van der Waals surface area (Å²) in [6, 6.07) is 19.6. The van der Waals surface area contributed by atoms with E-state index < -0.39 is 8.24 Å². The van der Waals surface area contributed by atoms with Crippen molar-refractivity contribution in [2.45, 2.75) is 33.1 Å². The number of hydrogen-bond acceptors (Lipinski definition) is 3. The molecule has 0 bridgehead atoms. The lowest BCUT2D eigenvalue weighted by Crippen LogP contribution is -2.42. The van der Waals surface area contributed by atoms with Gasteiger partial charge in [0.05, 0.1) is 6.54 Å². The van der Waals surface area contributed by atoms with Crippen molar-refractivity contribution in [2.24, 2.45) is 5.10 Å². The molecule has 0 amide bonds. The molecule has 0 radical (unpaired) electrons. The van der Waals surface area contributed by atoms with Crippen molar-refractivity contribution in [1.29, 1.82) is 0 Å². The number of rotatable bonds is 6. The summed E-state index contributed by atoms with van der Waals surface area (Å²) in [4.78, 5) is 12.5. The summed E-state index contributed by atoms with van der Waals surface area (Å²) in [6.45, 7) is 9.24. The second kappa shape index (κ2) is 7.37. The van der Waals surface area contributed by atoms with E-state index in [4.69, 9.17) is 0 Å². The van der Waals surface area contributed by atoms with Gasteiger partial charge in [-0.05, 0) is 12.5 Å². The third-order valence-corrected chi connectivity index (χ3v) is 5.39. The second-order valence-corrected chi connectivity index (χ2v) is 11.5. The van der Waals surface area contributed by atoms with Crippen molar-refractivity contribution in [1.82, 2.24) is 4.67 Å². The maximum Gasteiger partial charge on any atom is 0.208 e. The van der Waals surface area contributed by atoms with Crippen LogP contribution in [-0.2, 0) is 6.54 Å². The van der Waals surface area contributed by atoms with Gasteiger partial charge in [-0.3, -0.25) is 4.79 Å². The lowest BCUT2D eigenvalue weighted by atomic mass is 10.1. The van der Waals surface area contributed by atoms with Gasteiger partial charge in [0.2, 0.25) is 5.78 Å². The zero-order valence-corrected chi connectivity index (χ0v) is 15.3. The van der Waals surface area contributed by atoms with E-state index in [-0.39, 0.29) is 5.78 Å². The highest BCUT2D eigenvalue weighted by atomic mass is 28.3. The number of hydrogen-bond donors (Lipinski definition) is 0. The average molecular weight is 324 g/mol. The Morgan fingerprint density at radius 1 is 0.957 bits per heavy atom. The molecule has 23 heavy (non-hydrogen) atoms. The molecule has 0 aliphatic rings. The van der Waals surface area contributed by atoms with Crippen molar-refractivity contribution in [2.75, 3.05) is 0 Å². The largest absolute Gasteiger partial charge is 0.320 e. The zero-order chi connectivity index (χ0) is 16.9. The standard InChI is InChI=1S/C19H24N2OSi/c1-16(19(22)18-13-9-6-10-14-18)20-21(23(2,3)4)15-17-11-7-5-8-12-17/h5-14H,15H2,1-4H3. The fourth-order valence-electron chi connectivity index (χ4n) is 2.20. The van der Waals surface area contributed by atoms with Crippen molar-refractivity contribution in [3.8, 4) is 0 Å². The molecule has 2 aromatic carbocycles. The van der Waals surface area contributed by atoms with E-state index in [1.807, 2.05) is 48.5 Å². The molecule has 0 saturated carbocycles. The molecule has 0 spiro atoms. The monoisotopic (exact) mass is 324 g/mol. The highest BCUT2D eigenvalue weighted by molar-refractivity contribution is 6.73. The van der Waals surface area contributed by atoms with Gasteiger partial charge in [-0.1, -0.05) is 80.3 Å². The molecule has 4 heteroatoms. The molecule has 0 atom stereocenters. The first-order valence-corrected chi connectivity index (χ1v) is 11.3. The minimum Gasteiger partial charge on any atom is -0.320 e. The minimum absolute atomic E-state index is 0.0121. The fraction of sp³-hybridized carbons (Fsp3) is 0.263. The first-order chi connectivity index (χ1) is 10.9. The number of hydrazone groups is 1. The summed E-state index contributed by atoms with van der Waals surface area (Å²) in [5.41, 5.74) is 2.43. The molecule has 2 aromatic rings. The van der Waals surface area contributed by atoms with Crippen LogP contribution in [0.15, 0.2) is 65.8 Å². The molecule has 0 saturated heterocycles. The zero-order valence-electron chi connectivity index (χ0n) is 14.3. The van der Waals surface area contributed by atoms with E-state index in [0.717, 1.165) is 6.54 Å². The van der Waals surface area contributed by atoms with Crippen LogP contribution in [0.2, 0.25) is 19.6 Å². The summed E-state index contributed by atoms with van der Waals surface area (Å²) in [7, 11) is -1.69. The number of carbonyl (C=O) groups is 1. The molecule has 0 aliphatic carbocycles. The maximum absolute atomic E-state index is 12.5. The van der Waals surface area contributed by atoms with Crippen molar-refractivity contribution in [3.05, 3.63) is 71.8 Å². The molecule has 120 valence electrons. The van der Waals surface area contributed by atoms with Crippen molar-refractivity contribution >= 4 is 19.7 Å². The van der Waals surface area contributed by atoms with Crippen LogP contribution in [0.3, 0.4) is 0 Å². The lowest BCUT2D eigenvalue weighted by molar-refractivity contribution is 0.106. The van der Waals surface area contributed by atoms with E-state index in [0.29, 0.717) is 11.3 Å². The predicted molar refractivity (Wildman–Crippen MR) is 99.2 cm³/mol.